The van der Waals surface area contributed by atoms with Crippen molar-refractivity contribution >= 4 is 80.4 Å². The van der Waals surface area contributed by atoms with Crippen molar-refractivity contribution in [1.82, 2.24) is 15.1 Å². The highest BCUT2D eigenvalue weighted by atomic mass is 127. The van der Waals surface area contributed by atoms with Crippen LogP contribution in [0.3, 0.4) is 0 Å². The smallest absolute Gasteiger partial charge is 0.277 e. The Bertz CT molecular complexity index is 1650. The highest BCUT2D eigenvalue weighted by molar-refractivity contribution is 14.2. The van der Waals surface area contributed by atoms with E-state index in [1.54, 1.807) is 41.3 Å². The number of hydrazone groups is 1. The van der Waals surface area contributed by atoms with E-state index in [-0.39, 0.29) is 41.3 Å². The molecule has 5 rings (SSSR count). The number of nitriles is 1. The molecule has 0 aliphatic carbocycles. The van der Waals surface area contributed by atoms with Gasteiger partial charge in [-0.2, -0.15) is 5.26 Å². The van der Waals surface area contributed by atoms with E-state index in [0.29, 0.717) is 53.4 Å². The van der Waals surface area contributed by atoms with E-state index in [0.717, 1.165) is 5.12 Å². The van der Waals surface area contributed by atoms with Crippen molar-refractivity contribution in [3.63, 3.8) is 0 Å². The second-order valence-corrected chi connectivity index (χ2v) is 11.8. The maximum absolute atomic E-state index is 14.1. The number of nitrogens with one attached hydrogen (secondary N) is 3. The minimum Gasteiger partial charge on any atom is -0.494 e. The fraction of sp³-hybridized carbons (Fsp3) is 0.269. The minimum atomic E-state index is -2.71. The molecule has 1 amide bonds. The van der Waals surface area contributed by atoms with Crippen LogP contribution < -0.4 is 41.8 Å². The molecule has 44 heavy (non-hydrogen) atoms. The van der Waals surface area contributed by atoms with Crippen LogP contribution in [0.15, 0.2) is 41.5 Å². The summed E-state index contributed by atoms with van der Waals surface area (Å²) < 4.78 is 35.3. The molecule has 3 aromatic rings. The summed E-state index contributed by atoms with van der Waals surface area (Å²) in [7, 11) is 2.99. The summed E-state index contributed by atoms with van der Waals surface area (Å²) in [6, 6.07) is 12.1. The summed E-state index contributed by atoms with van der Waals surface area (Å²) in [5.74, 6) is 6.85. The monoisotopic (exact) mass is 736 g/mol. The Hall–Kier alpha value is -4.27. The number of pyridine rings is 2. The van der Waals surface area contributed by atoms with Gasteiger partial charge in [0.1, 0.15) is 23.4 Å². The van der Waals surface area contributed by atoms with E-state index < -0.39 is 12.6 Å². The summed E-state index contributed by atoms with van der Waals surface area (Å²) >= 11 is 2.03. The van der Waals surface area contributed by atoms with Gasteiger partial charge in [-0.25, -0.2) is 29.7 Å². The number of amides is 1. The second kappa shape index (κ2) is 13.2. The van der Waals surface area contributed by atoms with E-state index in [1.807, 2.05) is 22.0 Å². The SMILES string of the molecule is COc1c(Nc2cc(Nc3ccc(N4CCCC4=O)c(C#N)n3)nc3c2NC(C(F)F)N3PI)cccc1/C(N)=N/N(C)N. The molecule has 0 spiro atoms. The zero-order valence-corrected chi connectivity index (χ0v) is 26.6. The van der Waals surface area contributed by atoms with E-state index in [4.69, 9.17) is 16.3 Å². The first kappa shape index (κ1) is 31.2. The normalized spacial score (nSPS) is 16.4. The molecule has 230 valence electrons. The number of nitrogens with zero attached hydrogens (tertiary/aromatic N) is 7. The fourth-order valence-corrected chi connectivity index (χ4v) is 7.01. The highest BCUT2D eigenvalue weighted by Gasteiger charge is 2.38. The number of carbonyl (C=O) groups is 1. The summed E-state index contributed by atoms with van der Waals surface area (Å²) in [5, 5.41) is 24.1. The third-order valence-electron chi connectivity index (χ3n) is 6.76. The molecule has 2 atom stereocenters. The Morgan fingerprint density at radius 1 is 1.30 bits per heavy atom. The number of amidine groups is 1. The number of methoxy groups -OCH3 is 1. The summed E-state index contributed by atoms with van der Waals surface area (Å²) in [6.45, 7) is 0.514. The van der Waals surface area contributed by atoms with Crippen LogP contribution in [0.4, 0.5) is 49.0 Å². The third-order valence-corrected chi connectivity index (χ3v) is 8.99. The molecule has 18 heteroatoms. The predicted octanol–water partition coefficient (Wildman–Crippen LogP) is 4.16. The molecule has 14 nitrogen and oxygen atoms in total. The molecule has 0 radical (unpaired) electrons. The number of aromatic nitrogens is 2. The number of hydrogen-bond donors (Lipinski definition) is 5. The lowest BCUT2D eigenvalue weighted by atomic mass is 10.1. The molecule has 2 aliphatic heterocycles. The topological polar surface area (TPSA) is 186 Å². The maximum atomic E-state index is 14.1. The highest BCUT2D eigenvalue weighted by Crippen LogP contribution is 2.50. The molecule has 2 aromatic heterocycles. The molecule has 2 unspecified atom stereocenters. The van der Waals surface area contributed by atoms with Crippen LogP contribution >= 0.6 is 28.4 Å². The van der Waals surface area contributed by atoms with Crippen LogP contribution in [0.2, 0.25) is 0 Å². The molecule has 0 saturated carbocycles. The van der Waals surface area contributed by atoms with Crippen molar-refractivity contribution in [3.8, 4) is 11.8 Å². The van der Waals surface area contributed by atoms with E-state index in [9.17, 15) is 18.8 Å². The molecule has 4 heterocycles. The average molecular weight is 736 g/mol. The lowest BCUT2D eigenvalue weighted by molar-refractivity contribution is -0.117. The van der Waals surface area contributed by atoms with Gasteiger partial charge in [0.15, 0.2) is 29.3 Å². The number of alkyl halides is 2. The summed E-state index contributed by atoms with van der Waals surface area (Å²) in [4.78, 5) is 22.8. The number of rotatable bonds is 10. The van der Waals surface area contributed by atoms with Crippen LogP contribution in [-0.4, -0.2) is 60.1 Å². The first-order chi connectivity index (χ1) is 21.1. The number of anilines is 7. The zero-order valence-electron chi connectivity index (χ0n) is 23.5. The average Bonchev–Trinajstić information content (AvgIpc) is 3.60. The lowest BCUT2D eigenvalue weighted by Crippen LogP contribution is -2.35. The van der Waals surface area contributed by atoms with E-state index >= 15 is 0 Å². The van der Waals surface area contributed by atoms with Crippen LogP contribution in [0.5, 0.6) is 5.75 Å². The second-order valence-electron chi connectivity index (χ2n) is 9.65. The van der Waals surface area contributed by atoms with Gasteiger partial charge in [-0.05, 0) is 52.7 Å². The van der Waals surface area contributed by atoms with Gasteiger partial charge in [-0.3, -0.25) is 4.79 Å². The van der Waals surface area contributed by atoms with Crippen molar-refractivity contribution in [2.75, 3.05) is 46.2 Å². The van der Waals surface area contributed by atoms with Crippen molar-refractivity contribution in [1.29, 1.82) is 5.26 Å². The van der Waals surface area contributed by atoms with E-state index in [2.05, 4.69) is 37.1 Å². The van der Waals surface area contributed by atoms with Crippen molar-refractivity contribution in [3.05, 3.63) is 47.7 Å². The number of para-hydroxylation sites is 1. The first-order valence-corrected chi connectivity index (χ1v) is 17.2. The minimum absolute atomic E-state index is 0.0606. The number of carbonyl (C=O) groups excluding carboxylic acids is 1. The molecule has 0 bridgehead atoms. The Balaban J connectivity index is 1.56. The van der Waals surface area contributed by atoms with Crippen LogP contribution in [-0.2, 0) is 4.79 Å². The van der Waals surface area contributed by atoms with Gasteiger partial charge in [0, 0.05) is 32.5 Å². The largest absolute Gasteiger partial charge is 0.494 e. The standard InChI is InChI=1S/C26H28F2IN12O2P/c1-39(32)38-24(31)13-5-3-6-14(22(13)43-2)33-15-11-19(36-25-21(15)37-26(23(27)28)41(25)44-29)35-18-9-8-17(16(12-30)34-18)40-10-4-7-20(40)42/h3,5-6,8-9,11,23,26,37,44H,4,7,10,32H2,1-2H3,(H2,31,38)(H2,33,34,35,36). The lowest BCUT2D eigenvalue weighted by Gasteiger charge is -2.22. The van der Waals surface area contributed by atoms with Crippen LogP contribution in [0, 0.1) is 11.3 Å². The number of hydrogen-bond acceptors (Lipinski definition) is 12. The van der Waals surface area contributed by atoms with Gasteiger partial charge >= 0.3 is 0 Å². The number of benzene rings is 1. The molecular formula is C26H28F2IN12O2P. The zero-order chi connectivity index (χ0) is 31.5. The third kappa shape index (κ3) is 6.18. The molecule has 7 N–H and O–H groups in total. The van der Waals surface area contributed by atoms with Crippen LogP contribution in [0.1, 0.15) is 24.1 Å². The molecular weight excluding hydrogens is 708 g/mol. The number of ether oxygens (including phenoxy) is 1. The van der Waals surface area contributed by atoms with Gasteiger partial charge in [0.25, 0.3) is 6.43 Å². The van der Waals surface area contributed by atoms with Crippen LogP contribution in [0.25, 0.3) is 0 Å². The molecule has 2 aliphatic rings. The van der Waals surface area contributed by atoms with Gasteiger partial charge < -0.3 is 36.0 Å². The Kier molecular flexibility index (Phi) is 9.32. The Morgan fingerprint density at radius 3 is 2.73 bits per heavy atom. The Labute approximate surface area is 266 Å². The quantitative estimate of drug-likeness (QED) is 0.0501. The number of nitrogens with two attached hydrogens (primary N) is 2. The molecule has 1 fully saturated rings. The molecule has 1 saturated heterocycles. The van der Waals surface area contributed by atoms with Gasteiger partial charge in [0.05, 0.1) is 29.7 Å². The van der Waals surface area contributed by atoms with Gasteiger partial charge in [0.2, 0.25) is 5.91 Å². The fourth-order valence-electron chi connectivity index (χ4n) is 4.90. The van der Waals surface area contributed by atoms with Gasteiger partial charge in [-0.15, -0.1) is 5.10 Å². The number of fused-ring (bicyclic) bond motifs is 1. The summed E-state index contributed by atoms with van der Waals surface area (Å²) in [6.07, 6.45) is -2.95. The van der Waals surface area contributed by atoms with E-state index in [1.165, 1.54) is 18.8 Å². The summed E-state index contributed by atoms with van der Waals surface area (Å²) in [5.41, 5.74) is 8.34. The first-order valence-electron chi connectivity index (χ1n) is 13.2. The predicted molar refractivity (Wildman–Crippen MR) is 175 cm³/mol. The Morgan fingerprint density at radius 2 is 2.09 bits per heavy atom. The van der Waals surface area contributed by atoms with Gasteiger partial charge in [-0.1, -0.05) is 6.07 Å². The molecule has 1 aromatic carbocycles. The van der Waals surface area contributed by atoms with Crippen molar-refractivity contribution < 1.29 is 18.3 Å². The van der Waals surface area contributed by atoms with Crippen molar-refractivity contribution in [2.24, 2.45) is 16.7 Å². The maximum Gasteiger partial charge on any atom is 0.277 e. The number of hydrazine groups is 1. The van der Waals surface area contributed by atoms with Crippen molar-refractivity contribution in [2.45, 2.75) is 25.4 Å². The number of halogens is 3.